The van der Waals surface area contributed by atoms with Crippen LogP contribution in [-0.2, 0) is 40.7 Å². The van der Waals surface area contributed by atoms with Crippen LogP contribution in [0.25, 0.3) is 17.0 Å². The van der Waals surface area contributed by atoms with Crippen LogP contribution in [0.15, 0.2) is 58.7 Å². The number of allylic oxidation sites excluding steroid dienone is 1. The molecule has 1 fully saturated rings. The van der Waals surface area contributed by atoms with E-state index in [1.807, 2.05) is 43.3 Å². The first kappa shape index (κ1) is 24.8. The van der Waals surface area contributed by atoms with Gasteiger partial charge in [-0.2, -0.15) is 0 Å². The van der Waals surface area contributed by atoms with Gasteiger partial charge in [-0.3, -0.25) is 28.1 Å². The molecule has 1 aromatic carbocycles. The lowest BCUT2D eigenvalue weighted by Gasteiger charge is -2.35. The average Bonchev–Trinajstić information content (AvgIpc) is 3.69. The minimum atomic E-state index is -3.67. The fraction of sp³-hybridized carbons (Fsp3) is 0.296. The number of aromatic nitrogens is 1. The zero-order valence-corrected chi connectivity index (χ0v) is 21.9. The average molecular weight is 535 g/mol. The summed E-state index contributed by atoms with van der Waals surface area (Å²) in [5.41, 5.74) is 4.31. The summed E-state index contributed by atoms with van der Waals surface area (Å²) in [4.78, 5) is 32.6. The molecule has 0 N–H and O–H groups in total. The Balaban J connectivity index is 1.09. The van der Waals surface area contributed by atoms with Crippen molar-refractivity contribution in [2.24, 2.45) is 0 Å². The van der Waals surface area contributed by atoms with Crippen molar-refractivity contribution < 1.29 is 32.1 Å². The predicted octanol–water partition coefficient (Wildman–Crippen LogP) is 4.87. The maximum absolute atomic E-state index is 12.8. The first-order chi connectivity index (χ1) is 18.3. The number of furan rings is 1. The van der Waals surface area contributed by atoms with Gasteiger partial charge in [0.05, 0.1) is 6.54 Å². The van der Waals surface area contributed by atoms with E-state index in [1.54, 1.807) is 24.2 Å². The third kappa shape index (κ3) is 4.83. The Bertz CT molecular complexity index is 1550. The number of hydrogen-bond donors (Lipinski definition) is 0. The number of likely N-dealkylation sites (N-methyl/N-ethyl adjacent to an activating group) is 1. The molecule has 2 aromatic heterocycles. The van der Waals surface area contributed by atoms with Crippen LogP contribution < -0.4 is 4.90 Å². The molecule has 10 nitrogen and oxygen atoms in total. The first-order valence-corrected chi connectivity index (χ1v) is 13.8. The molecule has 3 aromatic rings. The molecule has 4 heterocycles. The summed E-state index contributed by atoms with van der Waals surface area (Å²) in [7, 11) is -1.95. The van der Waals surface area contributed by atoms with E-state index < -0.39 is 14.1 Å². The Labute approximate surface area is 219 Å². The third-order valence-corrected chi connectivity index (χ3v) is 8.12. The molecule has 11 heteroatoms. The second kappa shape index (κ2) is 9.63. The number of anilines is 1. The Morgan fingerprint density at radius 2 is 2.08 bits per heavy atom. The summed E-state index contributed by atoms with van der Waals surface area (Å²) in [6.07, 6.45) is 7.60. The Hall–Kier alpha value is -3.56. The number of carbonyl (C=O) groups is 2. The SMILES string of the molecule is Cc1c(CN(C)C(=O)/C=C/c2cnc3c(c2)CCC(=O)N3COP2(=O)OC(C3=CC3)O2)oc2ccccc12. The molecule has 6 rings (SSSR count). The lowest BCUT2D eigenvalue weighted by atomic mass is 10.0. The molecule has 0 atom stereocenters. The molecular formula is C27H26N3O7P. The second-order valence-corrected chi connectivity index (χ2v) is 11.1. The quantitative estimate of drug-likeness (QED) is 0.228. The van der Waals surface area contributed by atoms with Crippen molar-refractivity contribution in [1.82, 2.24) is 9.88 Å². The normalized spacial score (nSPS) is 22.4. The molecule has 0 radical (unpaired) electrons. The fourth-order valence-corrected chi connectivity index (χ4v) is 5.58. The molecule has 0 saturated carbocycles. The summed E-state index contributed by atoms with van der Waals surface area (Å²) in [6, 6.07) is 9.67. The molecule has 196 valence electrons. The lowest BCUT2D eigenvalue weighted by Crippen LogP contribution is -2.38. The van der Waals surface area contributed by atoms with Crippen LogP contribution >= 0.6 is 7.82 Å². The zero-order chi connectivity index (χ0) is 26.4. The number of pyridine rings is 1. The van der Waals surface area contributed by atoms with Gasteiger partial charge in [-0.15, -0.1) is 0 Å². The summed E-state index contributed by atoms with van der Waals surface area (Å²) in [5.74, 6) is 0.798. The number of para-hydroxylation sites is 1. The zero-order valence-electron chi connectivity index (χ0n) is 21.0. The number of benzene rings is 1. The summed E-state index contributed by atoms with van der Waals surface area (Å²) in [5, 5.41) is 1.04. The van der Waals surface area contributed by atoms with Gasteiger partial charge in [0, 0.05) is 36.7 Å². The highest BCUT2D eigenvalue weighted by molar-refractivity contribution is 7.49. The number of fused-ring (bicyclic) bond motifs is 2. The number of hydrogen-bond acceptors (Lipinski definition) is 8. The minimum Gasteiger partial charge on any atom is -0.459 e. The van der Waals surface area contributed by atoms with Crippen LogP contribution in [-0.4, -0.2) is 41.8 Å². The smallest absolute Gasteiger partial charge is 0.459 e. The number of amides is 2. The van der Waals surface area contributed by atoms with E-state index in [4.69, 9.17) is 18.0 Å². The summed E-state index contributed by atoms with van der Waals surface area (Å²) >= 11 is 0. The van der Waals surface area contributed by atoms with E-state index >= 15 is 0 Å². The molecule has 2 amide bonds. The fourth-order valence-electron chi connectivity index (χ4n) is 4.45. The number of phosphoric acid groups is 1. The van der Waals surface area contributed by atoms with Crippen molar-refractivity contribution in [1.29, 1.82) is 0 Å². The summed E-state index contributed by atoms with van der Waals surface area (Å²) in [6.45, 7) is 2.04. The topological polar surface area (TPSA) is 111 Å². The van der Waals surface area contributed by atoms with Crippen molar-refractivity contribution in [2.75, 3.05) is 18.7 Å². The number of nitrogens with zero attached hydrogens (tertiary/aromatic N) is 3. The number of carbonyl (C=O) groups excluding carboxylic acids is 2. The number of rotatable bonds is 8. The summed E-state index contributed by atoms with van der Waals surface area (Å²) < 4.78 is 34.2. The van der Waals surface area contributed by atoms with Crippen LogP contribution in [0.3, 0.4) is 0 Å². The molecular weight excluding hydrogens is 509 g/mol. The number of phosphoric ester groups is 1. The van der Waals surface area contributed by atoms with E-state index in [0.29, 0.717) is 18.8 Å². The van der Waals surface area contributed by atoms with Crippen LogP contribution in [0, 0.1) is 6.92 Å². The van der Waals surface area contributed by atoms with E-state index in [2.05, 4.69) is 4.98 Å². The molecule has 1 aliphatic carbocycles. The van der Waals surface area contributed by atoms with Gasteiger partial charge in [0.25, 0.3) is 0 Å². The molecule has 38 heavy (non-hydrogen) atoms. The molecule has 1 saturated heterocycles. The monoisotopic (exact) mass is 535 g/mol. The van der Waals surface area contributed by atoms with Crippen LogP contribution in [0.5, 0.6) is 0 Å². The van der Waals surface area contributed by atoms with Gasteiger partial charge in [0.1, 0.15) is 23.9 Å². The second-order valence-electron chi connectivity index (χ2n) is 9.48. The van der Waals surface area contributed by atoms with Crippen LogP contribution in [0.4, 0.5) is 5.82 Å². The van der Waals surface area contributed by atoms with E-state index in [-0.39, 0.29) is 25.0 Å². The van der Waals surface area contributed by atoms with Crippen molar-refractivity contribution in [3.05, 3.63) is 76.7 Å². The largest absolute Gasteiger partial charge is 0.481 e. The van der Waals surface area contributed by atoms with Gasteiger partial charge in [0.15, 0.2) is 0 Å². The minimum absolute atomic E-state index is 0.182. The molecule has 0 unspecified atom stereocenters. The predicted molar refractivity (Wildman–Crippen MR) is 139 cm³/mol. The lowest BCUT2D eigenvalue weighted by molar-refractivity contribution is -0.125. The third-order valence-electron chi connectivity index (χ3n) is 6.78. The van der Waals surface area contributed by atoms with Gasteiger partial charge < -0.3 is 9.32 Å². The highest BCUT2D eigenvalue weighted by Gasteiger charge is 2.49. The standard InChI is InChI=1S/C27H26N3O7P/c1-17-21-5-3-4-6-22(21)35-23(17)15-29(2)24(31)11-7-18-13-20-10-12-25(32)30(26(20)28-14-18)16-34-38(33)36-27(37-38)19-8-9-19/h3-8,11,13-14,27H,9-10,12,15-16H2,1-2H3/b11-7+. The number of aryl methyl sites for hydroxylation is 2. The molecule has 3 aliphatic rings. The molecule has 2 aliphatic heterocycles. The van der Waals surface area contributed by atoms with Crippen molar-refractivity contribution in [3.8, 4) is 0 Å². The van der Waals surface area contributed by atoms with Crippen molar-refractivity contribution >= 4 is 42.5 Å². The Morgan fingerprint density at radius 1 is 1.29 bits per heavy atom. The van der Waals surface area contributed by atoms with Gasteiger partial charge in [-0.25, -0.2) is 9.55 Å². The van der Waals surface area contributed by atoms with Gasteiger partial charge in [-0.05, 0) is 54.7 Å². The maximum atomic E-state index is 12.8. The van der Waals surface area contributed by atoms with E-state index in [1.165, 1.54) is 11.0 Å². The van der Waals surface area contributed by atoms with Gasteiger partial charge >= 0.3 is 7.82 Å². The molecule has 0 spiro atoms. The van der Waals surface area contributed by atoms with Gasteiger partial charge in [-0.1, -0.05) is 24.3 Å². The maximum Gasteiger partial charge on any atom is 0.481 e. The van der Waals surface area contributed by atoms with Crippen LogP contribution in [0.1, 0.15) is 35.3 Å². The van der Waals surface area contributed by atoms with Gasteiger partial charge in [0.2, 0.25) is 18.1 Å². The Kier molecular flexibility index (Phi) is 6.28. The highest BCUT2D eigenvalue weighted by Crippen LogP contribution is 2.63. The van der Waals surface area contributed by atoms with Crippen molar-refractivity contribution in [2.45, 2.75) is 39.0 Å². The first-order valence-electron chi connectivity index (χ1n) is 12.3. The van der Waals surface area contributed by atoms with E-state index in [0.717, 1.165) is 45.4 Å². The van der Waals surface area contributed by atoms with E-state index in [9.17, 15) is 14.2 Å². The van der Waals surface area contributed by atoms with Crippen molar-refractivity contribution in [3.63, 3.8) is 0 Å². The molecule has 0 bridgehead atoms. The van der Waals surface area contributed by atoms with Crippen LogP contribution in [0.2, 0.25) is 0 Å². The highest BCUT2D eigenvalue weighted by atomic mass is 31.2. The Morgan fingerprint density at radius 3 is 2.84 bits per heavy atom.